The van der Waals surface area contributed by atoms with Crippen molar-refractivity contribution in [1.82, 2.24) is 0 Å². The lowest BCUT2D eigenvalue weighted by Crippen LogP contribution is -2.21. The van der Waals surface area contributed by atoms with Gasteiger partial charge in [0.2, 0.25) is 0 Å². The highest BCUT2D eigenvalue weighted by Crippen LogP contribution is 2.30. The Morgan fingerprint density at radius 1 is 1.05 bits per heavy atom. The molecule has 2 nitrogen and oxygen atoms in total. The van der Waals surface area contributed by atoms with Crippen molar-refractivity contribution in [1.29, 1.82) is 0 Å². The molecule has 20 heavy (non-hydrogen) atoms. The molecule has 0 spiro atoms. The Morgan fingerprint density at radius 2 is 1.75 bits per heavy atom. The maximum Gasteiger partial charge on any atom is 0.166 e. The summed E-state index contributed by atoms with van der Waals surface area (Å²) >= 11 is 0. The molecule has 2 N–H and O–H groups in total. The summed E-state index contributed by atoms with van der Waals surface area (Å²) in [6.45, 7) is 1.96. The third-order valence-electron chi connectivity index (χ3n) is 3.10. The Kier molecular flexibility index (Phi) is 4.69. The Labute approximate surface area is 117 Å². The van der Waals surface area contributed by atoms with Crippen LogP contribution in [0.15, 0.2) is 42.5 Å². The minimum Gasteiger partial charge on any atom is -0.451 e. The van der Waals surface area contributed by atoms with Crippen molar-refractivity contribution in [3.63, 3.8) is 0 Å². The number of hydrogen-bond donors (Lipinski definition) is 1. The highest BCUT2D eigenvalue weighted by molar-refractivity contribution is 5.40. The van der Waals surface area contributed by atoms with Gasteiger partial charge in [-0.3, -0.25) is 0 Å². The van der Waals surface area contributed by atoms with Gasteiger partial charge in [0.25, 0.3) is 0 Å². The molecule has 2 aromatic rings. The summed E-state index contributed by atoms with van der Waals surface area (Å²) < 4.78 is 32.9. The van der Waals surface area contributed by atoms with Gasteiger partial charge in [-0.15, -0.1) is 0 Å². The molecule has 4 heteroatoms. The van der Waals surface area contributed by atoms with Crippen LogP contribution in [0.1, 0.15) is 18.9 Å². The maximum absolute atomic E-state index is 13.9. The predicted octanol–water partition coefficient (Wildman–Crippen LogP) is 4.04. The van der Waals surface area contributed by atoms with Gasteiger partial charge in [0.15, 0.2) is 23.1 Å². The third-order valence-corrected chi connectivity index (χ3v) is 3.10. The molecule has 0 aliphatic heterocycles. The standard InChI is InChI=1S/C16H17F2NO/c1-2-12(19)10-11-6-5-8-14(18)16(11)20-15-9-4-3-7-13(15)17/h3-9,12H,2,10,19H2,1H3. The van der Waals surface area contributed by atoms with E-state index in [9.17, 15) is 8.78 Å². The molecule has 0 heterocycles. The highest BCUT2D eigenvalue weighted by atomic mass is 19.1. The number of hydrogen-bond acceptors (Lipinski definition) is 2. The van der Waals surface area contributed by atoms with Crippen LogP contribution in [0.2, 0.25) is 0 Å². The van der Waals surface area contributed by atoms with Crippen molar-refractivity contribution in [3.8, 4) is 11.5 Å². The Balaban J connectivity index is 2.33. The number of para-hydroxylation sites is 2. The number of ether oxygens (including phenoxy) is 1. The van der Waals surface area contributed by atoms with E-state index in [4.69, 9.17) is 10.5 Å². The van der Waals surface area contributed by atoms with Gasteiger partial charge in [0.1, 0.15) is 0 Å². The molecule has 0 aliphatic carbocycles. The second-order valence-corrected chi connectivity index (χ2v) is 4.63. The molecule has 0 saturated carbocycles. The van der Waals surface area contributed by atoms with E-state index >= 15 is 0 Å². The summed E-state index contributed by atoms with van der Waals surface area (Å²) in [6.07, 6.45) is 1.26. The molecule has 1 unspecified atom stereocenters. The molecule has 106 valence electrons. The number of nitrogens with two attached hydrogens (primary N) is 1. The van der Waals surface area contributed by atoms with Crippen LogP contribution in [0, 0.1) is 11.6 Å². The van der Waals surface area contributed by atoms with Crippen LogP contribution >= 0.6 is 0 Å². The topological polar surface area (TPSA) is 35.2 Å². The summed E-state index contributed by atoms with van der Waals surface area (Å²) in [5.74, 6) is -0.999. The van der Waals surface area contributed by atoms with Crippen LogP contribution in [0.3, 0.4) is 0 Å². The normalized spacial score (nSPS) is 12.2. The molecule has 0 bridgehead atoms. The van der Waals surface area contributed by atoms with Crippen LogP contribution in [-0.4, -0.2) is 6.04 Å². The first-order valence-electron chi connectivity index (χ1n) is 6.57. The Morgan fingerprint density at radius 3 is 2.45 bits per heavy atom. The van der Waals surface area contributed by atoms with Crippen molar-refractivity contribution < 1.29 is 13.5 Å². The van der Waals surface area contributed by atoms with E-state index in [2.05, 4.69) is 0 Å². The minimum atomic E-state index is -0.526. The molecular formula is C16H17F2NO. The first-order valence-corrected chi connectivity index (χ1v) is 6.57. The van der Waals surface area contributed by atoms with E-state index in [1.54, 1.807) is 24.3 Å². The molecule has 0 saturated heterocycles. The zero-order valence-corrected chi connectivity index (χ0v) is 11.3. The van der Waals surface area contributed by atoms with Crippen molar-refractivity contribution in [2.24, 2.45) is 5.73 Å². The minimum absolute atomic E-state index is 0.00363. The number of benzene rings is 2. The average Bonchev–Trinajstić information content (AvgIpc) is 2.44. The largest absolute Gasteiger partial charge is 0.451 e. The zero-order valence-electron chi connectivity index (χ0n) is 11.3. The van der Waals surface area contributed by atoms with Crippen molar-refractivity contribution in [3.05, 3.63) is 59.7 Å². The fourth-order valence-corrected chi connectivity index (χ4v) is 1.89. The van der Waals surface area contributed by atoms with Gasteiger partial charge < -0.3 is 10.5 Å². The van der Waals surface area contributed by atoms with Gasteiger partial charge in [-0.25, -0.2) is 8.78 Å². The average molecular weight is 277 g/mol. The van der Waals surface area contributed by atoms with Crippen LogP contribution in [0.25, 0.3) is 0 Å². The van der Waals surface area contributed by atoms with E-state index in [1.165, 1.54) is 18.2 Å². The molecule has 2 rings (SSSR count). The number of rotatable bonds is 5. The molecule has 0 amide bonds. The highest BCUT2D eigenvalue weighted by Gasteiger charge is 2.14. The summed E-state index contributed by atoms with van der Waals surface area (Å²) in [5.41, 5.74) is 6.54. The number of halogens is 2. The van der Waals surface area contributed by atoms with Gasteiger partial charge in [-0.1, -0.05) is 31.2 Å². The molecule has 0 aliphatic rings. The van der Waals surface area contributed by atoms with E-state index in [0.717, 1.165) is 6.42 Å². The van der Waals surface area contributed by atoms with E-state index in [-0.39, 0.29) is 17.5 Å². The quantitative estimate of drug-likeness (QED) is 0.895. The van der Waals surface area contributed by atoms with Crippen molar-refractivity contribution >= 4 is 0 Å². The molecular weight excluding hydrogens is 260 g/mol. The fourth-order valence-electron chi connectivity index (χ4n) is 1.89. The lowest BCUT2D eigenvalue weighted by molar-refractivity contribution is 0.408. The molecule has 0 aromatic heterocycles. The van der Waals surface area contributed by atoms with E-state index < -0.39 is 11.6 Å². The van der Waals surface area contributed by atoms with Crippen LogP contribution in [0.4, 0.5) is 8.78 Å². The van der Waals surface area contributed by atoms with Crippen molar-refractivity contribution in [2.75, 3.05) is 0 Å². The van der Waals surface area contributed by atoms with Gasteiger partial charge in [-0.05, 0) is 36.6 Å². The second-order valence-electron chi connectivity index (χ2n) is 4.63. The van der Waals surface area contributed by atoms with Crippen LogP contribution in [-0.2, 0) is 6.42 Å². The molecule has 2 aromatic carbocycles. The van der Waals surface area contributed by atoms with Crippen LogP contribution in [0.5, 0.6) is 11.5 Å². The Hall–Kier alpha value is -1.94. The van der Waals surface area contributed by atoms with Gasteiger partial charge in [0.05, 0.1) is 0 Å². The molecule has 0 fully saturated rings. The summed E-state index contributed by atoms with van der Waals surface area (Å²) in [4.78, 5) is 0. The third kappa shape index (κ3) is 3.33. The Bertz CT molecular complexity index is 586. The summed E-state index contributed by atoms with van der Waals surface area (Å²) in [7, 11) is 0. The monoisotopic (exact) mass is 277 g/mol. The smallest absolute Gasteiger partial charge is 0.166 e. The van der Waals surface area contributed by atoms with Crippen LogP contribution < -0.4 is 10.5 Å². The zero-order chi connectivity index (χ0) is 14.5. The molecule has 0 radical (unpaired) electrons. The lowest BCUT2D eigenvalue weighted by Gasteiger charge is -2.15. The SMILES string of the molecule is CCC(N)Cc1cccc(F)c1Oc1ccccc1F. The lowest BCUT2D eigenvalue weighted by atomic mass is 10.0. The summed E-state index contributed by atoms with van der Waals surface area (Å²) in [5, 5.41) is 0. The second kappa shape index (κ2) is 6.48. The first kappa shape index (κ1) is 14.5. The summed E-state index contributed by atoms with van der Waals surface area (Å²) in [6, 6.07) is 10.5. The first-order chi connectivity index (χ1) is 9.61. The predicted molar refractivity (Wildman–Crippen MR) is 74.8 cm³/mol. The maximum atomic E-state index is 13.9. The van der Waals surface area contributed by atoms with Gasteiger partial charge in [-0.2, -0.15) is 0 Å². The van der Waals surface area contributed by atoms with Crippen molar-refractivity contribution in [2.45, 2.75) is 25.8 Å². The van der Waals surface area contributed by atoms with E-state index in [0.29, 0.717) is 12.0 Å². The van der Waals surface area contributed by atoms with E-state index in [1.807, 2.05) is 6.92 Å². The van der Waals surface area contributed by atoms with Gasteiger partial charge in [0, 0.05) is 6.04 Å². The van der Waals surface area contributed by atoms with Gasteiger partial charge >= 0.3 is 0 Å². The molecule has 1 atom stereocenters. The fraction of sp³-hybridized carbons (Fsp3) is 0.250.